The largest absolute Gasteiger partial charge is 0.478 e. The molecule has 0 bridgehead atoms. The van der Waals surface area contributed by atoms with Crippen molar-refractivity contribution in [2.45, 2.75) is 6.92 Å². The molecule has 0 atom stereocenters. The number of rotatable bonds is 2. The maximum atomic E-state index is 14.1. The lowest BCUT2D eigenvalue weighted by atomic mass is 10.0. The number of carboxylic acid groups (broad SMARTS) is 1. The zero-order chi connectivity index (χ0) is 15.0. The molecule has 4 nitrogen and oxygen atoms in total. The Kier molecular flexibility index (Phi) is 3.10. The van der Waals surface area contributed by atoms with Gasteiger partial charge in [0.15, 0.2) is 0 Å². The van der Waals surface area contributed by atoms with Gasteiger partial charge < -0.3 is 5.11 Å². The monoisotopic (exact) mass is 282 g/mol. The number of carbonyl (C=O) groups is 1. The first-order valence-corrected chi connectivity index (χ1v) is 6.31. The van der Waals surface area contributed by atoms with Crippen molar-refractivity contribution in [1.29, 1.82) is 0 Å². The van der Waals surface area contributed by atoms with Crippen LogP contribution in [0.25, 0.3) is 22.2 Å². The van der Waals surface area contributed by atoms with Crippen molar-refractivity contribution in [2.75, 3.05) is 0 Å². The van der Waals surface area contributed by atoms with E-state index in [0.717, 1.165) is 0 Å². The molecule has 0 radical (unpaired) electrons. The topological polar surface area (TPSA) is 63.1 Å². The molecule has 0 aliphatic carbocycles. The van der Waals surface area contributed by atoms with E-state index in [-0.39, 0.29) is 11.1 Å². The second-order valence-electron chi connectivity index (χ2n) is 4.74. The number of aromatic carboxylic acids is 1. The van der Waals surface area contributed by atoms with E-state index < -0.39 is 11.8 Å². The summed E-state index contributed by atoms with van der Waals surface area (Å²) in [5, 5.41) is 9.67. The number of aromatic nitrogens is 2. The van der Waals surface area contributed by atoms with Gasteiger partial charge in [-0.25, -0.2) is 14.2 Å². The van der Waals surface area contributed by atoms with Gasteiger partial charge in [-0.1, -0.05) is 0 Å². The summed E-state index contributed by atoms with van der Waals surface area (Å²) in [6.45, 7) is 1.71. The Morgan fingerprint density at radius 2 is 2.10 bits per heavy atom. The molecule has 0 aliphatic heterocycles. The number of fused-ring (bicyclic) bond motifs is 1. The van der Waals surface area contributed by atoms with Crippen LogP contribution in [-0.4, -0.2) is 21.0 Å². The van der Waals surface area contributed by atoms with Crippen LogP contribution in [0, 0.1) is 12.7 Å². The second-order valence-corrected chi connectivity index (χ2v) is 4.74. The molecule has 104 valence electrons. The van der Waals surface area contributed by atoms with Crippen LogP contribution in [0.1, 0.15) is 15.9 Å². The number of aryl methyl sites for hydroxylation is 1. The van der Waals surface area contributed by atoms with Gasteiger partial charge in [0.25, 0.3) is 0 Å². The number of carboxylic acids is 1. The summed E-state index contributed by atoms with van der Waals surface area (Å²) in [6, 6.07) is 7.88. The van der Waals surface area contributed by atoms with Crippen LogP contribution in [0.3, 0.4) is 0 Å². The Hall–Kier alpha value is -2.82. The van der Waals surface area contributed by atoms with Crippen molar-refractivity contribution in [3.8, 4) is 11.3 Å². The van der Waals surface area contributed by atoms with Crippen molar-refractivity contribution < 1.29 is 14.3 Å². The second kappa shape index (κ2) is 4.94. The molecule has 1 aromatic carbocycles. The number of nitrogens with zero attached hydrogens (tertiary/aromatic N) is 2. The first kappa shape index (κ1) is 13.2. The minimum absolute atomic E-state index is 0.0291. The quantitative estimate of drug-likeness (QED) is 0.782. The zero-order valence-electron chi connectivity index (χ0n) is 11.2. The molecule has 0 unspecified atom stereocenters. The molecule has 1 N–H and O–H groups in total. The number of benzene rings is 1. The summed E-state index contributed by atoms with van der Waals surface area (Å²) in [6.07, 6.45) is 3.17. The highest BCUT2D eigenvalue weighted by Crippen LogP contribution is 2.27. The van der Waals surface area contributed by atoms with Crippen LogP contribution in [0.15, 0.2) is 42.7 Å². The fourth-order valence-corrected chi connectivity index (χ4v) is 2.26. The van der Waals surface area contributed by atoms with Gasteiger partial charge in [0.05, 0.1) is 11.3 Å². The van der Waals surface area contributed by atoms with Crippen molar-refractivity contribution in [3.63, 3.8) is 0 Å². The Balaban J connectivity index is 2.38. The Morgan fingerprint density at radius 1 is 1.29 bits per heavy atom. The molecular weight excluding hydrogens is 271 g/mol. The van der Waals surface area contributed by atoms with E-state index in [1.54, 1.807) is 37.5 Å². The number of hydrogen-bond acceptors (Lipinski definition) is 3. The van der Waals surface area contributed by atoms with E-state index in [1.165, 1.54) is 12.1 Å². The standard InChI is InChI=1S/C16H11FN2O2/c1-9-5-11-12(16(20)21)7-14(10-3-2-4-18-8-10)19-15(11)13(17)6-9/h2-8H,1H3,(H,20,21). The molecule has 0 amide bonds. The molecule has 2 heterocycles. The number of pyridine rings is 2. The van der Waals surface area contributed by atoms with E-state index in [2.05, 4.69) is 9.97 Å². The van der Waals surface area contributed by atoms with Crippen LogP contribution in [0.2, 0.25) is 0 Å². The van der Waals surface area contributed by atoms with E-state index in [0.29, 0.717) is 22.2 Å². The fraction of sp³-hybridized carbons (Fsp3) is 0.0625. The Labute approximate surface area is 119 Å². The Morgan fingerprint density at radius 3 is 2.76 bits per heavy atom. The normalized spacial score (nSPS) is 10.8. The summed E-state index contributed by atoms with van der Waals surface area (Å²) in [5.74, 6) is -1.64. The predicted octanol–water partition coefficient (Wildman–Crippen LogP) is 3.44. The first-order valence-electron chi connectivity index (χ1n) is 6.31. The maximum Gasteiger partial charge on any atom is 0.336 e. The van der Waals surface area contributed by atoms with Gasteiger partial charge in [-0.2, -0.15) is 0 Å². The number of hydrogen-bond donors (Lipinski definition) is 1. The van der Waals surface area contributed by atoms with Gasteiger partial charge in [0.1, 0.15) is 11.3 Å². The van der Waals surface area contributed by atoms with E-state index in [1.807, 2.05) is 0 Å². The summed E-state index contributed by atoms with van der Waals surface area (Å²) >= 11 is 0. The van der Waals surface area contributed by atoms with Gasteiger partial charge >= 0.3 is 5.97 Å². The molecule has 0 saturated carbocycles. The lowest BCUT2D eigenvalue weighted by Crippen LogP contribution is -2.02. The van der Waals surface area contributed by atoms with Gasteiger partial charge in [0.2, 0.25) is 0 Å². The molecule has 5 heteroatoms. The summed E-state index contributed by atoms with van der Waals surface area (Å²) < 4.78 is 14.1. The third-order valence-electron chi connectivity index (χ3n) is 3.20. The van der Waals surface area contributed by atoms with Gasteiger partial charge in [-0.05, 0) is 42.8 Å². The smallest absolute Gasteiger partial charge is 0.336 e. The zero-order valence-corrected chi connectivity index (χ0v) is 11.2. The summed E-state index contributed by atoms with van der Waals surface area (Å²) in [7, 11) is 0. The average Bonchev–Trinajstić information content (AvgIpc) is 2.47. The SMILES string of the molecule is Cc1cc(F)c2nc(-c3cccnc3)cc(C(=O)O)c2c1. The highest BCUT2D eigenvalue weighted by Gasteiger charge is 2.16. The minimum atomic E-state index is -1.11. The highest BCUT2D eigenvalue weighted by atomic mass is 19.1. The van der Waals surface area contributed by atoms with E-state index in [9.17, 15) is 14.3 Å². The van der Waals surface area contributed by atoms with Crippen LogP contribution in [0.4, 0.5) is 4.39 Å². The van der Waals surface area contributed by atoms with Crippen molar-refractivity contribution >= 4 is 16.9 Å². The van der Waals surface area contributed by atoms with Crippen LogP contribution < -0.4 is 0 Å². The molecule has 0 aliphatic rings. The molecule has 2 aromatic heterocycles. The molecule has 3 aromatic rings. The van der Waals surface area contributed by atoms with Crippen LogP contribution in [-0.2, 0) is 0 Å². The maximum absolute atomic E-state index is 14.1. The summed E-state index contributed by atoms with van der Waals surface area (Å²) in [4.78, 5) is 19.7. The predicted molar refractivity (Wildman–Crippen MR) is 76.6 cm³/mol. The highest BCUT2D eigenvalue weighted by molar-refractivity contribution is 6.04. The van der Waals surface area contributed by atoms with Gasteiger partial charge in [0, 0.05) is 23.3 Å². The van der Waals surface area contributed by atoms with Crippen LogP contribution in [0.5, 0.6) is 0 Å². The van der Waals surface area contributed by atoms with Crippen LogP contribution >= 0.6 is 0 Å². The first-order chi connectivity index (χ1) is 10.1. The third-order valence-corrected chi connectivity index (χ3v) is 3.20. The molecular formula is C16H11FN2O2. The lowest BCUT2D eigenvalue weighted by Gasteiger charge is -2.08. The molecule has 0 saturated heterocycles. The molecule has 0 spiro atoms. The van der Waals surface area contributed by atoms with Crippen molar-refractivity contribution in [3.05, 3.63) is 59.7 Å². The van der Waals surface area contributed by atoms with Crippen molar-refractivity contribution in [1.82, 2.24) is 9.97 Å². The third kappa shape index (κ3) is 2.33. The van der Waals surface area contributed by atoms with Gasteiger partial charge in [-0.3, -0.25) is 4.98 Å². The summed E-state index contributed by atoms with van der Waals surface area (Å²) in [5.41, 5.74) is 1.76. The van der Waals surface area contributed by atoms with E-state index >= 15 is 0 Å². The fourth-order valence-electron chi connectivity index (χ4n) is 2.26. The number of halogens is 1. The van der Waals surface area contributed by atoms with E-state index in [4.69, 9.17) is 0 Å². The molecule has 3 rings (SSSR count). The average molecular weight is 282 g/mol. The molecule has 0 fully saturated rings. The van der Waals surface area contributed by atoms with Gasteiger partial charge in [-0.15, -0.1) is 0 Å². The minimum Gasteiger partial charge on any atom is -0.478 e. The molecule has 21 heavy (non-hydrogen) atoms. The lowest BCUT2D eigenvalue weighted by molar-refractivity contribution is 0.0699. The van der Waals surface area contributed by atoms with Crippen molar-refractivity contribution in [2.24, 2.45) is 0 Å². The Bertz CT molecular complexity index is 848.